The van der Waals surface area contributed by atoms with E-state index in [-0.39, 0.29) is 16.8 Å². The van der Waals surface area contributed by atoms with Gasteiger partial charge < -0.3 is 5.32 Å². The lowest BCUT2D eigenvalue weighted by molar-refractivity contribution is 0.0939. The Balaban J connectivity index is 2.25. The van der Waals surface area contributed by atoms with Crippen LogP contribution in [-0.2, 0) is 10.0 Å². The average molecular weight is 346 g/mol. The van der Waals surface area contributed by atoms with Crippen LogP contribution in [0.3, 0.4) is 0 Å². The van der Waals surface area contributed by atoms with Crippen molar-refractivity contribution in [3.63, 3.8) is 0 Å². The highest BCUT2D eigenvalue weighted by Crippen LogP contribution is 2.18. The van der Waals surface area contributed by atoms with E-state index in [0.717, 1.165) is 12.0 Å². The van der Waals surface area contributed by atoms with E-state index in [1.54, 1.807) is 30.3 Å². The van der Waals surface area contributed by atoms with Crippen molar-refractivity contribution in [2.45, 2.75) is 38.1 Å². The van der Waals surface area contributed by atoms with Gasteiger partial charge in [0, 0.05) is 17.3 Å². The predicted octanol–water partition coefficient (Wildman–Crippen LogP) is 3.32. The van der Waals surface area contributed by atoms with E-state index >= 15 is 0 Å². The summed E-state index contributed by atoms with van der Waals surface area (Å²) in [6, 6.07) is 13.2. The van der Waals surface area contributed by atoms with Gasteiger partial charge in [-0.25, -0.2) is 8.42 Å². The largest absolute Gasteiger partial charge is 0.350 e. The van der Waals surface area contributed by atoms with E-state index in [1.165, 1.54) is 12.1 Å². The Hall–Kier alpha value is -2.34. The molecule has 2 rings (SSSR count). The predicted molar refractivity (Wildman–Crippen MR) is 95.6 cm³/mol. The van der Waals surface area contributed by atoms with Crippen molar-refractivity contribution in [2.24, 2.45) is 0 Å². The molecule has 2 N–H and O–H groups in total. The van der Waals surface area contributed by atoms with Crippen molar-refractivity contribution >= 4 is 21.6 Å². The second-order valence-electron chi connectivity index (χ2n) is 5.79. The maximum absolute atomic E-state index is 12.5. The van der Waals surface area contributed by atoms with Crippen molar-refractivity contribution < 1.29 is 13.2 Å². The van der Waals surface area contributed by atoms with Crippen molar-refractivity contribution in [1.82, 2.24) is 5.32 Å². The Kier molecular flexibility index (Phi) is 5.62. The Morgan fingerprint density at radius 3 is 2.50 bits per heavy atom. The van der Waals surface area contributed by atoms with Gasteiger partial charge in [-0.05, 0) is 56.2 Å². The zero-order valence-corrected chi connectivity index (χ0v) is 14.9. The number of anilines is 1. The molecular formula is C18H22N2O3S. The van der Waals surface area contributed by atoms with Crippen LogP contribution in [0.5, 0.6) is 0 Å². The first-order chi connectivity index (χ1) is 11.3. The van der Waals surface area contributed by atoms with Gasteiger partial charge in [0.05, 0.1) is 4.90 Å². The van der Waals surface area contributed by atoms with Crippen LogP contribution < -0.4 is 10.0 Å². The second kappa shape index (κ2) is 7.49. The Labute approximate surface area is 143 Å². The SMILES string of the molecule is CC[C@@H](C)NC(=O)c1cccc(S(=O)(=O)Nc2cccc(C)c2)c1. The third-order valence-electron chi connectivity index (χ3n) is 3.67. The lowest BCUT2D eigenvalue weighted by atomic mass is 10.2. The summed E-state index contributed by atoms with van der Waals surface area (Å²) < 4.78 is 27.6. The monoisotopic (exact) mass is 346 g/mol. The Morgan fingerprint density at radius 2 is 1.83 bits per heavy atom. The molecule has 0 unspecified atom stereocenters. The Bertz CT molecular complexity index is 832. The lowest BCUT2D eigenvalue weighted by Gasteiger charge is -2.13. The number of sulfonamides is 1. The topological polar surface area (TPSA) is 75.3 Å². The van der Waals surface area contributed by atoms with Crippen LogP contribution in [0.15, 0.2) is 53.4 Å². The van der Waals surface area contributed by atoms with Gasteiger partial charge in [-0.2, -0.15) is 0 Å². The maximum Gasteiger partial charge on any atom is 0.261 e. The van der Waals surface area contributed by atoms with Gasteiger partial charge in [0.15, 0.2) is 0 Å². The smallest absolute Gasteiger partial charge is 0.261 e. The number of carbonyl (C=O) groups is 1. The summed E-state index contributed by atoms with van der Waals surface area (Å²) in [7, 11) is -3.75. The molecule has 0 aliphatic rings. The number of hydrogen-bond donors (Lipinski definition) is 2. The van der Waals surface area contributed by atoms with Crippen molar-refractivity contribution in [3.05, 3.63) is 59.7 Å². The molecule has 0 aliphatic heterocycles. The molecule has 0 heterocycles. The van der Waals surface area contributed by atoms with Crippen LogP contribution in [0.2, 0.25) is 0 Å². The third kappa shape index (κ3) is 4.58. The summed E-state index contributed by atoms with van der Waals surface area (Å²) in [6.07, 6.45) is 0.804. The van der Waals surface area contributed by atoms with Gasteiger partial charge >= 0.3 is 0 Å². The molecule has 5 nitrogen and oxygen atoms in total. The highest BCUT2D eigenvalue weighted by Gasteiger charge is 2.17. The number of hydrogen-bond acceptors (Lipinski definition) is 3. The summed E-state index contributed by atoms with van der Waals surface area (Å²) in [6.45, 7) is 5.76. The lowest BCUT2D eigenvalue weighted by Crippen LogP contribution is -2.32. The molecule has 0 saturated heterocycles. The number of benzene rings is 2. The molecule has 128 valence electrons. The fraction of sp³-hybridized carbons (Fsp3) is 0.278. The van der Waals surface area contributed by atoms with E-state index in [9.17, 15) is 13.2 Å². The standard InChI is InChI=1S/C18H22N2O3S/c1-4-14(3)19-18(21)15-8-6-10-17(12-15)24(22,23)20-16-9-5-7-13(2)11-16/h5-12,14,20H,4H2,1-3H3,(H,19,21)/t14-/m1/s1. The average Bonchev–Trinajstić information content (AvgIpc) is 2.54. The minimum atomic E-state index is -3.75. The van der Waals surface area contributed by atoms with Crippen LogP contribution in [-0.4, -0.2) is 20.4 Å². The third-order valence-corrected chi connectivity index (χ3v) is 5.05. The van der Waals surface area contributed by atoms with Crippen LogP contribution in [0.4, 0.5) is 5.69 Å². The summed E-state index contributed by atoms with van der Waals surface area (Å²) in [4.78, 5) is 12.2. The van der Waals surface area contributed by atoms with Gasteiger partial charge in [0.1, 0.15) is 0 Å². The van der Waals surface area contributed by atoms with Gasteiger partial charge in [0.25, 0.3) is 15.9 Å². The van der Waals surface area contributed by atoms with Gasteiger partial charge in [-0.3, -0.25) is 9.52 Å². The van der Waals surface area contributed by atoms with Crippen LogP contribution in [0.1, 0.15) is 36.2 Å². The van der Waals surface area contributed by atoms with Gasteiger partial charge in [-0.1, -0.05) is 25.1 Å². The maximum atomic E-state index is 12.5. The molecule has 1 amide bonds. The number of carbonyl (C=O) groups excluding carboxylic acids is 1. The van der Waals surface area contributed by atoms with Crippen molar-refractivity contribution in [2.75, 3.05) is 4.72 Å². The zero-order valence-electron chi connectivity index (χ0n) is 14.0. The van der Waals surface area contributed by atoms with E-state index in [2.05, 4.69) is 10.0 Å². The minimum Gasteiger partial charge on any atom is -0.350 e. The van der Waals surface area contributed by atoms with Crippen LogP contribution in [0.25, 0.3) is 0 Å². The van der Waals surface area contributed by atoms with Gasteiger partial charge in [-0.15, -0.1) is 0 Å². The molecule has 24 heavy (non-hydrogen) atoms. The molecule has 0 aliphatic carbocycles. The van der Waals surface area contributed by atoms with E-state index in [4.69, 9.17) is 0 Å². The fourth-order valence-electron chi connectivity index (χ4n) is 2.14. The molecule has 0 radical (unpaired) electrons. The molecule has 2 aromatic carbocycles. The molecule has 0 fully saturated rings. The quantitative estimate of drug-likeness (QED) is 0.842. The van der Waals surface area contributed by atoms with E-state index in [1.807, 2.05) is 26.8 Å². The van der Waals surface area contributed by atoms with E-state index in [0.29, 0.717) is 11.3 Å². The number of nitrogens with one attached hydrogen (secondary N) is 2. The zero-order chi connectivity index (χ0) is 17.7. The highest BCUT2D eigenvalue weighted by atomic mass is 32.2. The minimum absolute atomic E-state index is 0.0307. The molecule has 0 saturated carbocycles. The molecule has 0 spiro atoms. The molecular weight excluding hydrogens is 324 g/mol. The molecule has 0 bridgehead atoms. The number of aryl methyl sites for hydroxylation is 1. The first-order valence-electron chi connectivity index (χ1n) is 7.82. The second-order valence-corrected chi connectivity index (χ2v) is 7.47. The van der Waals surface area contributed by atoms with Crippen LogP contribution >= 0.6 is 0 Å². The summed E-state index contributed by atoms with van der Waals surface area (Å²) in [5, 5.41) is 2.83. The van der Waals surface area contributed by atoms with E-state index < -0.39 is 10.0 Å². The molecule has 1 atom stereocenters. The van der Waals surface area contributed by atoms with Gasteiger partial charge in [0.2, 0.25) is 0 Å². The van der Waals surface area contributed by atoms with Crippen molar-refractivity contribution in [3.8, 4) is 0 Å². The Morgan fingerprint density at radius 1 is 1.12 bits per heavy atom. The number of amides is 1. The first-order valence-corrected chi connectivity index (χ1v) is 9.30. The van der Waals surface area contributed by atoms with Crippen molar-refractivity contribution in [1.29, 1.82) is 0 Å². The van der Waals surface area contributed by atoms with Crippen LogP contribution in [0, 0.1) is 6.92 Å². The summed E-state index contributed by atoms with van der Waals surface area (Å²) in [5.41, 5.74) is 1.77. The summed E-state index contributed by atoms with van der Waals surface area (Å²) >= 11 is 0. The molecule has 0 aromatic heterocycles. The number of rotatable bonds is 6. The molecule has 6 heteroatoms. The normalized spacial score (nSPS) is 12.5. The highest BCUT2D eigenvalue weighted by molar-refractivity contribution is 7.92. The fourth-order valence-corrected chi connectivity index (χ4v) is 3.23. The molecule has 2 aromatic rings. The summed E-state index contributed by atoms with van der Waals surface area (Å²) in [5.74, 6) is -0.281. The first kappa shape index (κ1) is 18.0.